The van der Waals surface area contributed by atoms with Gasteiger partial charge in [0.15, 0.2) is 5.78 Å². The van der Waals surface area contributed by atoms with Crippen molar-refractivity contribution in [2.45, 2.75) is 20.3 Å². The quantitative estimate of drug-likeness (QED) is 0.546. The molecule has 0 N–H and O–H groups in total. The summed E-state index contributed by atoms with van der Waals surface area (Å²) in [6.07, 6.45) is 1.06. The minimum absolute atomic E-state index is 0.0114. The van der Waals surface area contributed by atoms with E-state index in [0.717, 1.165) is 12.0 Å². The number of Topliss-reactive ketones (excluding diaryl/α,β-unsaturated/α-hetero) is 1. The van der Waals surface area contributed by atoms with E-state index < -0.39 is 0 Å². The first-order chi connectivity index (χ1) is 7.67. The molecule has 3 nitrogen and oxygen atoms in total. The lowest BCUT2D eigenvalue weighted by Gasteiger charge is -2.05. The van der Waals surface area contributed by atoms with Gasteiger partial charge in [0.05, 0.1) is 6.61 Å². The zero-order valence-corrected chi connectivity index (χ0v) is 9.60. The molecule has 1 unspecified atom stereocenters. The Morgan fingerprint density at radius 1 is 1.38 bits per heavy atom. The number of hydrogen-bond donors (Lipinski definition) is 0. The van der Waals surface area contributed by atoms with E-state index in [1.165, 1.54) is 0 Å². The van der Waals surface area contributed by atoms with E-state index in [1.807, 2.05) is 6.92 Å². The van der Waals surface area contributed by atoms with Gasteiger partial charge in [-0.15, -0.1) is 0 Å². The maximum Gasteiger partial charge on any atom is 0.163 e. The molecule has 0 aliphatic carbocycles. The highest BCUT2D eigenvalue weighted by molar-refractivity contribution is 5.97. The van der Waals surface area contributed by atoms with Crippen molar-refractivity contribution in [2.75, 3.05) is 6.61 Å². The molecule has 0 saturated heterocycles. The molecular weight excluding hydrogens is 204 g/mol. The normalized spacial score (nSPS) is 11.9. The Kier molecular flexibility index (Phi) is 4.70. The highest BCUT2D eigenvalue weighted by atomic mass is 16.5. The third-order valence-corrected chi connectivity index (χ3v) is 2.23. The second-order valence-electron chi connectivity index (χ2n) is 3.70. The predicted molar refractivity (Wildman–Crippen MR) is 61.8 cm³/mol. The lowest BCUT2D eigenvalue weighted by molar-refractivity contribution is -0.110. The van der Waals surface area contributed by atoms with Crippen LogP contribution in [0.25, 0.3) is 0 Å². The molecule has 0 fully saturated rings. The highest BCUT2D eigenvalue weighted by Crippen LogP contribution is 2.14. The number of carbonyl (C=O) groups excluding carboxylic acids is 2. The fourth-order valence-electron chi connectivity index (χ4n) is 1.36. The Hall–Kier alpha value is -1.64. The number of carbonyl (C=O) groups is 2. The average molecular weight is 220 g/mol. The van der Waals surface area contributed by atoms with Crippen LogP contribution in [0.3, 0.4) is 0 Å². The van der Waals surface area contributed by atoms with Gasteiger partial charge in [-0.25, -0.2) is 0 Å². The standard InChI is InChI=1S/C13H16O3/c1-3-16-12-6-4-11(5-7-12)13(15)8-10(2)9-14/h4-7,9-10H,3,8H2,1-2H3. The van der Waals surface area contributed by atoms with Gasteiger partial charge in [0.1, 0.15) is 12.0 Å². The Morgan fingerprint density at radius 2 is 2.00 bits per heavy atom. The molecule has 0 aliphatic heterocycles. The molecular formula is C13H16O3. The second kappa shape index (κ2) is 6.05. The summed E-state index contributed by atoms with van der Waals surface area (Å²) >= 11 is 0. The smallest absolute Gasteiger partial charge is 0.163 e. The van der Waals surface area contributed by atoms with Crippen molar-refractivity contribution in [2.24, 2.45) is 5.92 Å². The second-order valence-corrected chi connectivity index (χ2v) is 3.70. The largest absolute Gasteiger partial charge is 0.494 e. The Bertz CT molecular complexity index is 354. The zero-order valence-electron chi connectivity index (χ0n) is 9.60. The van der Waals surface area contributed by atoms with Crippen LogP contribution in [0.2, 0.25) is 0 Å². The number of hydrogen-bond acceptors (Lipinski definition) is 3. The first-order valence-corrected chi connectivity index (χ1v) is 5.38. The molecule has 86 valence electrons. The third kappa shape index (κ3) is 3.50. The van der Waals surface area contributed by atoms with Crippen molar-refractivity contribution in [1.82, 2.24) is 0 Å². The topological polar surface area (TPSA) is 43.4 Å². The lowest BCUT2D eigenvalue weighted by atomic mass is 10.0. The zero-order chi connectivity index (χ0) is 12.0. The van der Waals surface area contributed by atoms with Crippen molar-refractivity contribution < 1.29 is 14.3 Å². The Labute approximate surface area is 95.4 Å². The van der Waals surface area contributed by atoms with Crippen molar-refractivity contribution in [3.63, 3.8) is 0 Å². The minimum Gasteiger partial charge on any atom is -0.494 e. The molecule has 1 aromatic carbocycles. The third-order valence-electron chi connectivity index (χ3n) is 2.23. The molecule has 0 saturated carbocycles. The molecule has 0 bridgehead atoms. The molecule has 1 aromatic rings. The first kappa shape index (κ1) is 12.4. The monoisotopic (exact) mass is 220 g/mol. The predicted octanol–water partition coefficient (Wildman–Crippen LogP) is 2.49. The van der Waals surface area contributed by atoms with Gasteiger partial charge in [0, 0.05) is 17.9 Å². The van der Waals surface area contributed by atoms with Crippen LogP contribution in [0.15, 0.2) is 24.3 Å². The summed E-state index contributed by atoms with van der Waals surface area (Å²) in [5.41, 5.74) is 0.622. The number of ether oxygens (including phenoxy) is 1. The summed E-state index contributed by atoms with van der Waals surface area (Å²) in [5.74, 6) is 0.518. The fraction of sp³-hybridized carbons (Fsp3) is 0.385. The van der Waals surface area contributed by atoms with E-state index in [4.69, 9.17) is 4.74 Å². The summed E-state index contributed by atoms with van der Waals surface area (Å²) in [7, 11) is 0. The van der Waals surface area contributed by atoms with Crippen molar-refractivity contribution in [3.8, 4) is 5.75 Å². The lowest BCUT2D eigenvalue weighted by Crippen LogP contribution is -2.06. The van der Waals surface area contributed by atoms with Crippen LogP contribution in [-0.4, -0.2) is 18.7 Å². The van der Waals surface area contributed by atoms with Gasteiger partial charge in [-0.3, -0.25) is 4.79 Å². The summed E-state index contributed by atoms with van der Waals surface area (Å²) < 4.78 is 5.28. The van der Waals surface area contributed by atoms with Crippen LogP contribution >= 0.6 is 0 Å². The van der Waals surface area contributed by atoms with Gasteiger partial charge >= 0.3 is 0 Å². The van der Waals surface area contributed by atoms with E-state index in [9.17, 15) is 9.59 Å². The van der Waals surface area contributed by atoms with Gasteiger partial charge in [0.2, 0.25) is 0 Å². The summed E-state index contributed by atoms with van der Waals surface area (Å²) in [5, 5.41) is 0. The maximum atomic E-state index is 11.7. The molecule has 1 atom stereocenters. The molecule has 0 aliphatic rings. The van der Waals surface area contributed by atoms with E-state index >= 15 is 0 Å². The molecule has 0 amide bonds. The van der Waals surface area contributed by atoms with Crippen LogP contribution in [0, 0.1) is 5.92 Å². The average Bonchev–Trinajstić information content (AvgIpc) is 2.30. The SMILES string of the molecule is CCOc1ccc(C(=O)CC(C)C=O)cc1. The van der Waals surface area contributed by atoms with Gasteiger partial charge < -0.3 is 9.53 Å². The van der Waals surface area contributed by atoms with Gasteiger partial charge in [-0.1, -0.05) is 6.92 Å². The summed E-state index contributed by atoms with van der Waals surface area (Å²) in [6, 6.07) is 6.99. The Morgan fingerprint density at radius 3 is 2.50 bits per heavy atom. The molecule has 0 radical (unpaired) electrons. The number of ketones is 1. The highest BCUT2D eigenvalue weighted by Gasteiger charge is 2.10. The Balaban J connectivity index is 2.66. The van der Waals surface area contributed by atoms with Crippen molar-refractivity contribution in [1.29, 1.82) is 0 Å². The van der Waals surface area contributed by atoms with Crippen molar-refractivity contribution >= 4 is 12.1 Å². The fourth-order valence-corrected chi connectivity index (χ4v) is 1.36. The van der Waals surface area contributed by atoms with Crippen LogP contribution in [0.1, 0.15) is 30.6 Å². The molecule has 0 aromatic heterocycles. The molecule has 0 heterocycles. The van der Waals surface area contributed by atoms with Gasteiger partial charge in [-0.05, 0) is 31.2 Å². The summed E-state index contributed by atoms with van der Waals surface area (Å²) in [4.78, 5) is 22.1. The molecule has 1 rings (SSSR count). The van der Waals surface area contributed by atoms with Crippen LogP contribution in [0.4, 0.5) is 0 Å². The number of benzene rings is 1. The molecule has 16 heavy (non-hydrogen) atoms. The maximum absolute atomic E-state index is 11.7. The van der Waals surface area contributed by atoms with E-state index in [1.54, 1.807) is 31.2 Å². The van der Waals surface area contributed by atoms with Gasteiger partial charge in [-0.2, -0.15) is 0 Å². The van der Waals surface area contributed by atoms with Crippen LogP contribution < -0.4 is 4.74 Å². The number of rotatable bonds is 6. The number of aldehydes is 1. The summed E-state index contributed by atoms with van der Waals surface area (Å²) in [6.45, 7) is 4.25. The van der Waals surface area contributed by atoms with Gasteiger partial charge in [0.25, 0.3) is 0 Å². The molecule has 0 spiro atoms. The van der Waals surface area contributed by atoms with Crippen LogP contribution in [-0.2, 0) is 4.79 Å². The van der Waals surface area contributed by atoms with Crippen molar-refractivity contribution in [3.05, 3.63) is 29.8 Å². The minimum atomic E-state index is -0.223. The van der Waals surface area contributed by atoms with E-state index in [-0.39, 0.29) is 18.1 Å². The molecule has 3 heteroatoms. The van der Waals surface area contributed by atoms with E-state index in [2.05, 4.69) is 0 Å². The first-order valence-electron chi connectivity index (χ1n) is 5.38. The van der Waals surface area contributed by atoms with E-state index in [0.29, 0.717) is 12.2 Å². The van der Waals surface area contributed by atoms with Crippen LogP contribution in [0.5, 0.6) is 5.75 Å².